The Morgan fingerprint density at radius 2 is 2.33 bits per heavy atom. The van der Waals surface area contributed by atoms with Gasteiger partial charge < -0.3 is 9.84 Å². The van der Waals surface area contributed by atoms with Gasteiger partial charge in [-0.15, -0.1) is 0 Å². The lowest BCUT2D eigenvalue weighted by Crippen LogP contribution is -2.00. The molecule has 0 aliphatic carbocycles. The van der Waals surface area contributed by atoms with Crippen LogP contribution in [0.2, 0.25) is 0 Å². The molecule has 0 amide bonds. The second-order valence-electron chi connectivity index (χ2n) is 2.73. The maximum Gasteiger partial charge on any atom is 0.337 e. The number of phenols is 1. The molecule has 0 unspecified atom stereocenters. The molecule has 0 radical (unpaired) electrons. The first-order valence-corrected chi connectivity index (χ1v) is 4.16. The molecule has 0 aliphatic heterocycles. The van der Waals surface area contributed by atoms with Gasteiger partial charge in [-0.05, 0) is 24.3 Å². The van der Waals surface area contributed by atoms with E-state index in [-0.39, 0.29) is 5.75 Å². The van der Waals surface area contributed by atoms with Gasteiger partial charge in [-0.1, -0.05) is 0 Å². The van der Waals surface area contributed by atoms with Gasteiger partial charge in [0.2, 0.25) is 0 Å². The van der Waals surface area contributed by atoms with Crippen LogP contribution in [0.4, 0.5) is 0 Å². The van der Waals surface area contributed by atoms with Gasteiger partial charge in [0.15, 0.2) is 0 Å². The fourth-order valence-electron chi connectivity index (χ4n) is 1.06. The average Bonchev–Trinajstić information content (AvgIpc) is 2.27. The number of rotatable bonds is 2. The summed E-state index contributed by atoms with van der Waals surface area (Å²) in [6.07, 6.45) is 2.64. The number of methoxy groups -OCH3 is 1. The molecule has 15 heavy (non-hydrogen) atoms. The fraction of sp³-hybridized carbons (Fsp3) is 0.0909. The van der Waals surface area contributed by atoms with Crippen LogP contribution >= 0.6 is 0 Å². The number of benzene rings is 1. The van der Waals surface area contributed by atoms with E-state index in [4.69, 9.17) is 5.26 Å². The summed E-state index contributed by atoms with van der Waals surface area (Å²) in [5.41, 5.74) is 0.729. The third-order valence-corrected chi connectivity index (χ3v) is 1.79. The Bertz CT molecular complexity index is 444. The number of allylic oxidation sites excluding steroid dienone is 1. The molecular formula is C11H9NO3. The SMILES string of the molecule is COC(=O)c1ccc(O)c(C=CC#N)c1. The third kappa shape index (κ3) is 2.58. The highest BCUT2D eigenvalue weighted by Crippen LogP contribution is 2.20. The van der Waals surface area contributed by atoms with Crippen molar-refractivity contribution in [3.63, 3.8) is 0 Å². The zero-order chi connectivity index (χ0) is 11.3. The summed E-state index contributed by atoms with van der Waals surface area (Å²) in [6, 6.07) is 6.08. The van der Waals surface area contributed by atoms with Gasteiger partial charge in [-0.2, -0.15) is 5.26 Å². The van der Waals surface area contributed by atoms with Crippen LogP contribution < -0.4 is 0 Å². The molecule has 0 fully saturated rings. The van der Waals surface area contributed by atoms with Crippen LogP contribution in [0.15, 0.2) is 24.3 Å². The van der Waals surface area contributed by atoms with Gasteiger partial charge in [0.25, 0.3) is 0 Å². The van der Waals surface area contributed by atoms with Gasteiger partial charge in [-0.3, -0.25) is 0 Å². The van der Waals surface area contributed by atoms with Gasteiger partial charge in [-0.25, -0.2) is 4.79 Å². The van der Waals surface area contributed by atoms with Gasteiger partial charge in [0, 0.05) is 11.6 Å². The van der Waals surface area contributed by atoms with Gasteiger partial charge >= 0.3 is 5.97 Å². The molecule has 1 N–H and O–H groups in total. The minimum Gasteiger partial charge on any atom is -0.507 e. The predicted molar refractivity (Wildman–Crippen MR) is 54.1 cm³/mol. The first kappa shape index (κ1) is 10.8. The van der Waals surface area contributed by atoms with Crippen LogP contribution in [-0.2, 0) is 4.74 Å². The molecule has 0 saturated heterocycles. The molecule has 1 rings (SSSR count). The van der Waals surface area contributed by atoms with Crippen LogP contribution in [0.5, 0.6) is 5.75 Å². The lowest BCUT2D eigenvalue weighted by molar-refractivity contribution is 0.0600. The average molecular weight is 203 g/mol. The minimum absolute atomic E-state index is 0.00848. The zero-order valence-electron chi connectivity index (χ0n) is 8.10. The number of aromatic hydroxyl groups is 1. The van der Waals surface area contributed by atoms with E-state index in [9.17, 15) is 9.90 Å². The number of nitrogens with zero attached hydrogens (tertiary/aromatic N) is 1. The van der Waals surface area contributed by atoms with Crippen LogP contribution in [-0.4, -0.2) is 18.2 Å². The number of nitriles is 1. The molecule has 0 spiro atoms. The Kier molecular flexibility index (Phi) is 3.47. The second kappa shape index (κ2) is 4.82. The molecule has 76 valence electrons. The number of hydrogen-bond donors (Lipinski definition) is 1. The molecular weight excluding hydrogens is 194 g/mol. The number of ether oxygens (including phenoxy) is 1. The number of carbonyl (C=O) groups is 1. The summed E-state index contributed by atoms with van der Waals surface area (Å²) < 4.78 is 4.53. The van der Waals surface area contributed by atoms with Crippen molar-refractivity contribution in [3.05, 3.63) is 35.4 Å². The van der Waals surface area contributed by atoms with Crippen molar-refractivity contribution in [2.24, 2.45) is 0 Å². The van der Waals surface area contributed by atoms with E-state index in [0.717, 1.165) is 0 Å². The molecule has 0 atom stereocenters. The standard InChI is InChI=1S/C11H9NO3/c1-15-11(14)9-4-5-10(13)8(7-9)3-2-6-12/h2-5,7,13H,1H3. The molecule has 0 heterocycles. The summed E-state index contributed by atoms with van der Waals surface area (Å²) in [5, 5.41) is 17.7. The smallest absolute Gasteiger partial charge is 0.337 e. The van der Waals surface area contributed by atoms with E-state index >= 15 is 0 Å². The maximum absolute atomic E-state index is 11.2. The number of esters is 1. The van der Waals surface area contributed by atoms with Crippen LogP contribution in [0.1, 0.15) is 15.9 Å². The van der Waals surface area contributed by atoms with Crippen molar-refractivity contribution in [2.45, 2.75) is 0 Å². The molecule has 0 aliphatic rings. The van der Waals surface area contributed by atoms with Crippen molar-refractivity contribution in [3.8, 4) is 11.8 Å². The third-order valence-electron chi connectivity index (χ3n) is 1.79. The molecule has 0 bridgehead atoms. The molecule has 1 aromatic rings. The minimum atomic E-state index is -0.485. The molecule has 0 saturated carbocycles. The monoisotopic (exact) mass is 203 g/mol. The highest BCUT2D eigenvalue weighted by Gasteiger charge is 2.07. The van der Waals surface area contributed by atoms with Crippen LogP contribution in [0.25, 0.3) is 6.08 Å². The maximum atomic E-state index is 11.2. The fourth-order valence-corrected chi connectivity index (χ4v) is 1.06. The number of hydrogen-bond acceptors (Lipinski definition) is 4. The van der Waals surface area contributed by atoms with Crippen molar-refractivity contribution in [1.29, 1.82) is 5.26 Å². The highest BCUT2D eigenvalue weighted by atomic mass is 16.5. The van der Waals surface area contributed by atoms with E-state index in [1.54, 1.807) is 6.07 Å². The first-order valence-electron chi connectivity index (χ1n) is 4.16. The first-order chi connectivity index (χ1) is 7.19. The Balaban J connectivity index is 3.12. The van der Waals surface area contributed by atoms with Gasteiger partial charge in [0.1, 0.15) is 5.75 Å². The van der Waals surface area contributed by atoms with E-state index in [0.29, 0.717) is 11.1 Å². The number of phenolic OH excluding ortho intramolecular Hbond substituents is 1. The Morgan fingerprint density at radius 1 is 1.60 bits per heavy atom. The largest absolute Gasteiger partial charge is 0.507 e. The molecule has 0 aromatic heterocycles. The summed E-state index contributed by atoms with van der Waals surface area (Å²) in [7, 11) is 1.28. The molecule has 1 aromatic carbocycles. The van der Waals surface area contributed by atoms with Crippen molar-refractivity contribution < 1.29 is 14.6 Å². The Hall–Kier alpha value is -2.28. The van der Waals surface area contributed by atoms with Crippen LogP contribution in [0.3, 0.4) is 0 Å². The van der Waals surface area contributed by atoms with Crippen LogP contribution in [0, 0.1) is 11.3 Å². The molecule has 4 heteroatoms. The van der Waals surface area contributed by atoms with E-state index in [1.165, 1.54) is 37.5 Å². The Morgan fingerprint density at radius 3 is 2.93 bits per heavy atom. The molecule has 4 nitrogen and oxygen atoms in total. The van der Waals surface area contributed by atoms with E-state index < -0.39 is 5.97 Å². The second-order valence-corrected chi connectivity index (χ2v) is 2.73. The van der Waals surface area contributed by atoms with Crippen molar-refractivity contribution >= 4 is 12.0 Å². The topological polar surface area (TPSA) is 70.3 Å². The zero-order valence-corrected chi connectivity index (χ0v) is 8.10. The van der Waals surface area contributed by atoms with Crippen molar-refractivity contribution in [2.75, 3.05) is 7.11 Å². The van der Waals surface area contributed by atoms with Gasteiger partial charge in [0.05, 0.1) is 18.7 Å². The van der Waals surface area contributed by atoms with Crippen molar-refractivity contribution in [1.82, 2.24) is 0 Å². The summed E-state index contributed by atoms with van der Waals surface area (Å²) in [5.74, 6) is -0.476. The quantitative estimate of drug-likeness (QED) is 0.586. The normalized spacial score (nSPS) is 9.87. The lowest BCUT2D eigenvalue weighted by atomic mass is 10.1. The van der Waals surface area contributed by atoms with E-state index in [1.807, 2.05) is 0 Å². The lowest BCUT2D eigenvalue weighted by Gasteiger charge is -2.02. The van der Waals surface area contributed by atoms with E-state index in [2.05, 4.69) is 4.74 Å². The predicted octanol–water partition coefficient (Wildman–Crippen LogP) is 1.72. The summed E-state index contributed by atoms with van der Waals surface area (Å²) >= 11 is 0. The highest BCUT2D eigenvalue weighted by molar-refractivity contribution is 5.90. The Labute approximate surface area is 87.0 Å². The summed E-state index contributed by atoms with van der Waals surface area (Å²) in [4.78, 5) is 11.2. The summed E-state index contributed by atoms with van der Waals surface area (Å²) in [6.45, 7) is 0. The number of carbonyl (C=O) groups excluding carboxylic acids is 1.